The van der Waals surface area contributed by atoms with Crippen LogP contribution >= 0.6 is 0 Å². The minimum absolute atomic E-state index is 0.157. The average Bonchev–Trinajstić information content (AvgIpc) is 2.64. The van der Waals surface area contributed by atoms with Gasteiger partial charge in [-0.25, -0.2) is 4.79 Å². The molecule has 0 bridgehead atoms. The van der Waals surface area contributed by atoms with Crippen molar-refractivity contribution >= 4 is 22.5 Å². The fraction of sp³-hybridized carbons (Fsp3) is 0.450. The number of amides is 2. The Balaban J connectivity index is 1.51. The Morgan fingerprint density at radius 2 is 1.96 bits per heavy atom. The second-order valence-electron chi connectivity index (χ2n) is 7.07. The molecule has 0 aromatic heterocycles. The summed E-state index contributed by atoms with van der Waals surface area (Å²) in [6.07, 6.45) is 2.89. The maximum atomic E-state index is 12.4. The SMILES string of the molecule is CC1CC(NCCCCN)NC(NC(=O)Nc2ccc3ccccc3c2)N1. The zero-order valence-corrected chi connectivity index (χ0v) is 15.8. The highest BCUT2D eigenvalue weighted by Gasteiger charge is 2.25. The van der Waals surface area contributed by atoms with E-state index >= 15 is 0 Å². The minimum Gasteiger partial charge on any atom is -0.330 e. The predicted octanol–water partition coefficient (Wildman–Crippen LogP) is 1.87. The van der Waals surface area contributed by atoms with Gasteiger partial charge in [-0.1, -0.05) is 30.3 Å². The quantitative estimate of drug-likeness (QED) is 0.418. The Morgan fingerprint density at radius 3 is 2.78 bits per heavy atom. The van der Waals surface area contributed by atoms with Crippen LogP contribution in [0.3, 0.4) is 0 Å². The van der Waals surface area contributed by atoms with Crippen LogP contribution < -0.4 is 32.3 Å². The van der Waals surface area contributed by atoms with Crippen LogP contribution in [0.4, 0.5) is 10.5 Å². The molecule has 0 saturated carbocycles. The van der Waals surface area contributed by atoms with E-state index < -0.39 is 0 Å². The first kappa shape index (κ1) is 19.6. The number of benzene rings is 2. The van der Waals surface area contributed by atoms with Crippen molar-refractivity contribution in [3.05, 3.63) is 42.5 Å². The topological polar surface area (TPSA) is 103 Å². The summed E-state index contributed by atoms with van der Waals surface area (Å²) in [4.78, 5) is 12.4. The van der Waals surface area contributed by atoms with Crippen LogP contribution in [0.5, 0.6) is 0 Å². The molecule has 7 heteroatoms. The maximum absolute atomic E-state index is 12.4. The number of nitrogens with one attached hydrogen (secondary N) is 5. The summed E-state index contributed by atoms with van der Waals surface area (Å²) >= 11 is 0. The number of rotatable bonds is 7. The van der Waals surface area contributed by atoms with Crippen LogP contribution in [0.2, 0.25) is 0 Å². The zero-order chi connectivity index (χ0) is 19.1. The summed E-state index contributed by atoms with van der Waals surface area (Å²) in [5.74, 6) is 0. The first-order chi connectivity index (χ1) is 13.1. The van der Waals surface area contributed by atoms with E-state index in [4.69, 9.17) is 5.73 Å². The standard InChI is InChI=1S/C20H30N6O/c1-14-12-18(22-11-5-4-10-21)25-19(23-14)26-20(27)24-17-9-8-15-6-2-3-7-16(15)13-17/h2-3,6-9,13-14,18-19,22-23,25H,4-5,10-12,21H2,1H3,(H2,24,26,27). The first-order valence-electron chi connectivity index (χ1n) is 9.66. The summed E-state index contributed by atoms with van der Waals surface area (Å²) in [5.41, 5.74) is 6.30. The molecule has 1 heterocycles. The van der Waals surface area contributed by atoms with Crippen molar-refractivity contribution in [3.8, 4) is 0 Å². The third-order valence-electron chi connectivity index (χ3n) is 4.71. The molecule has 3 unspecified atom stereocenters. The van der Waals surface area contributed by atoms with Gasteiger partial charge in [-0.15, -0.1) is 0 Å². The van der Waals surface area contributed by atoms with Gasteiger partial charge in [0.2, 0.25) is 0 Å². The second-order valence-corrected chi connectivity index (χ2v) is 7.07. The number of hydrogen-bond acceptors (Lipinski definition) is 5. The molecule has 7 nitrogen and oxygen atoms in total. The van der Waals surface area contributed by atoms with E-state index in [1.807, 2.05) is 36.4 Å². The van der Waals surface area contributed by atoms with Gasteiger partial charge in [0.15, 0.2) is 0 Å². The lowest BCUT2D eigenvalue weighted by atomic mass is 10.1. The molecule has 0 spiro atoms. The van der Waals surface area contributed by atoms with Gasteiger partial charge in [-0.3, -0.25) is 10.6 Å². The zero-order valence-electron chi connectivity index (χ0n) is 15.8. The fourth-order valence-corrected chi connectivity index (χ4v) is 3.36. The normalized spacial score (nSPS) is 22.5. The molecule has 7 N–H and O–H groups in total. The van der Waals surface area contributed by atoms with Crippen molar-refractivity contribution in [1.82, 2.24) is 21.3 Å². The van der Waals surface area contributed by atoms with Gasteiger partial charge in [0.1, 0.15) is 6.29 Å². The van der Waals surface area contributed by atoms with Crippen LogP contribution in [0.1, 0.15) is 26.2 Å². The molecule has 3 rings (SSSR count). The minimum atomic E-state index is -0.291. The fourth-order valence-electron chi connectivity index (χ4n) is 3.36. The van der Waals surface area contributed by atoms with E-state index in [-0.39, 0.29) is 18.5 Å². The van der Waals surface area contributed by atoms with Crippen LogP contribution in [-0.4, -0.2) is 37.6 Å². The van der Waals surface area contributed by atoms with Gasteiger partial charge in [-0.05, 0) is 62.2 Å². The summed E-state index contributed by atoms with van der Waals surface area (Å²) in [6.45, 7) is 3.75. The van der Waals surface area contributed by atoms with Crippen molar-refractivity contribution in [2.24, 2.45) is 5.73 Å². The Bertz CT molecular complexity index is 752. The summed E-state index contributed by atoms with van der Waals surface area (Å²) < 4.78 is 0. The molecule has 1 aliphatic rings. The maximum Gasteiger partial charge on any atom is 0.321 e. The van der Waals surface area contributed by atoms with Crippen LogP contribution in [0, 0.1) is 0 Å². The van der Waals surface area contributed by atoms with Crippen LogP contribution in [0.15, 0.2) is 42.5 Å². The van der Waals surface area contributed by atoms with E-state index in [1.165, 1.54) is 0 Å². The molecule has 1 saturated heterocycles. The number of urea groups is 1. The van der Waals surface area contributed by atoms with E-state index in [2.05, 4.69) is 39.6 Å². The number of carbonyl (C=O) groups is 1. The van der Waals surface area contributed by atoms with Crippen molar-refractivity contribution < 1.29 is 4.79 Å². The van der Waals surface area contributed by atoms with Gasteiger partial charge in [-0.2, -0.15) is 0 Å². The Kier molecular flexibility index (Phi) is 7.00. The smallest absolute Gasteiger partial charge is 0.321 e. The Hall–Kier alpha value is -2.19. The van der Waals surface area contributed by atoms with Gasteiger partial charge < -0.3 is 21.7 Å². The van der Waals surface area contributed by atoms with Crippen molar-refractivity contribution in [1.29, 1.82) is 0 Å². The number of carbonyl (C=O) groups excluding carboxylic acids is 1. The van der Waals surface area contributed by atoms with Crippen molar-refractivity contribution in [2.45, 2.75) is 44.7 Å². The second kappa shape index (κ2) is 9.66. The van der Waals surface area contributed by atoms with Gasteiger partial charge in [0.25, 0.3) is 0 Å². The monoisotopic (exact) mass is 370 g/mol. The number of anilines is 1. The molecule has 146 valence electrons. The highest BCUT2D eigenvalue weighted by Crippen LogP contribution is 2.18. The lowest BCUT2D eigenvalue weighted by molar-refractivity contribution is 0.193. The van der Waals surface area contributed by atoms with Crippen LogP contribution in [0.25, 0.3) is 10.8 Å². The molecule has 0 aliphatic carbocycles. The molecule has 27 heavy (non-hydrogen) atoms. The molecule has 1 aliphatic heterocycles. The molecule has 2 amide bonds. The lowest BCUT2D eigenvalue weighted by Gasteiger charge is -2.36. The van der Waals surface area contributed by atoms with Gasteiger partial charge >= 0.3 is 6.03 Å². The third-order valence-corrected chi connectivity index (χ3v) is 4.71. The molecular weight excluding hydrogens is 340 g/mol. The van der Waals surface area contributed by atoms with E-state index in [0.29, 0.717) is 6.04 Å². The van der Waals surface area contributed by atoms with E-state index in [0.717, 1.165) is 48.8 Å². The lowest BCUT2D eigenvalue weighted by Crippen LogP contribution is -2.67. The Morgan fingerprint density at radius 1 is 1.15 bits per heavy atom. The van der Waals surface area contributed by atoms with Gasteiger partial charge in [0.05, 0.1) is 6.17 Å². The molecule has 1 fully saturated rings. The molecule has 3 atom stereocenters. The highest BCUT2D eigenvalue weighted by molar-refractivity contribution is 5.93. The predicted molar refractivity (Wildman–Crippen MR) is 110 cm³/mol. The number of unbranched alkanes of at least 4 members (excludes halogenated alkanes) is 1. The Labute approximate surface area is 160 Å². The van der Waals surface area contributed by atoms with Crippen molar-refractivity contribution in [3.63, 3.8) is 0 Å². The van der Waals surface area contributed by atoms with E-state index in [9.17, 15) is 4.79 Å². The largest absolute Gasteiger partial charge is 0.330 e. The third kappa shape index (κ3) is 5.90. The molecular formula is C20H30N6O. The molecule has 2 aromatic carbocycles. The summed E-state index contributed by atoms with van der Waals surface area (Å²) in [5, 5.41) is 18.3. The molecule has 0 radical (unpaired) electrons. The summed E-state index contributed by atoms with van der Waals surface area (Å²) in [7, 11) is 0. The van der Waals surface area contributed by atoms with Crippen molar-refractivity contribution in [2.75, 3.05) is 18.4 Å². The van der Waals surface area contributed by atoms with Crippen LogP contribution in [-0.2, 0) is 0 Å². The summed E-state index contributed by atoms with van der Waals surface area (Å²) in [6, 6.07) is 14.0. The number of hydrogen-bond donors (Lipinski definition) is 6. The average molecular weight is 371 g/mol. The van der Waals surface area contributed by atoms with E-state index in [1.54, 1.807) is 0 Å². The molecule has 2 aromatic rings. The first-order valence-corrected chi connectivity index (χ1v) is 9.66. The number of nitrogens with two attached hydrogens (primary N) is 1. The number of fused-ring (bicyclic) bond motifs is 1. The highest BCUT2D eigenvalue weighted by atomic mass is 16.2. The van der Waals surface area contributed by atoms with Gasteiger partial charge in [0, 0.05) is 11.7 Å².